The fourth-order valence-electron chi connectivity index (χ4n) is 1.17. The van der Waals surface area contributed by atoms with Crippen molar-refractivity contribution >= 4 is 0 Å². The van der Waals surface area contributed by atoms with Crippen LogP contribution in [0, 0.1) is 5.92 Å². The standard InChI is InChI=1S/C7H15N.CH4/c1-6(2)8-4-7(3)5-8;/h6-7H,4-5H2,1-3H3;1H4. The normalized spacial score (nSPS) is 21.3. The Hall–Kier alpha value is -0.0400. The molecule has 0 aliphatic carbocycles. The maximum absolute atomic E-state index is 2.49. The van der Waals surface area contributed by atoms with E-state index in [1.165, 1.54) is 13.1 Å². The maximum Gasteiger partial charge on any atom is 0.00388 e. The number of rotatable bonds is 1. The summed E-state index contributed by atoms with van der Waals surface area (Å²) in [5, 5.41) is 0. The maximum atomic E-state index is 2.49. The molecule has 1 heteroatoms. The van der Waals surface area contributed by atoms with Gasteiger partial charge in [-0.25, -0.2) is 0 Å². The van der Waals surface area contributed by atoms with Crippen molar-refractivity contribution in [1.29, 1.82) is 0 Å². The van der Waals surface area contributed by atoms with E-state index in [1.807, 2.05) is 0 Å². The summed E-state index contributed by atoms with van der Waals surface area (Å²) in [6, 6.07) is 0.770. The second-order valence-corrected chi connectivity index (χ2v) is 3.15. The molecule has 0 aromatic carbocycles. The first-order chi connectivity index (χ1) is 3.70. The van der Waals surface area contributed by atoms with Crippen LogP contribution in [0.2, 0.25) is 0 Å². The van der Waals surface area contributed by atoms with E-state index in [-0.39, 0.29) is 7.43 Å². The second-order valence-electron chi connectivity index (χ2n) is 3.15. The molecule has 56 valence electrons. The Labute approximate surface area is 59.1 Å². The van der Waals surface area contributed by atoms with Crippen LogP contribution in [0.1, 0.15) is 28.2 Å². The average Bonchev–Trinajstić information content (AvgIpc) is 1.57. The predicted octanol–water partition coefficient (Wildman–Crippen LogP) is 1.98. The van der Waals surface area contributed by atoms with Gasteiger partial charge in [-0.05, 0) is 19.8 Å². The summed E-state index contributed by atoms with van der Waals surface area (Å²) in [7, 11) is 0. The molecule has 0 unspecified atom stereocenters. The van der Waals surface area contributed by atoms with Crippen molar-refractivity contribution in [2.45, 2.75) is 34.2 Å². The Kier molecular flexibility index (Phi) is 3.20. The molecule has 1 heterocycles. The number of hydrogen-bond acceptors (Lipinski definition) is 1. The van der Waals surface area contributed by atoms with Crippen LogP contribution in [0.3, 0.4) is 0 Å². The van der Waals surface area contributed by atoms with Crippen LogP contribution in [0.25, 0.3) is 0 Å². The lowest BCUT2D eigenvalue weighted by Crippen LogP contribution is -2.48. The molecule has 1 nitrogen and oxygen atoms in total. The van der Waals surface area contributed by atoms with Gasteiger partial charge in [0.05, 0.1) is 0 Å². The van der Waals surface area contributed by atoms with Gasteiger partial charge >= 0.3 is 0 Å². The van der Waals surface area contributed by atoms with E-state index in [4.69, 9.17) is 0 Å². The van der Waals surface area contributed by atoms with E-state index in [2.05, 4.69) is 25.7 Å². The summed E-state index contributed by atoms with van der Waals surface area (Å²) < 4.78 is 0. The molecule has 9 heavy (non-hydrogen) atoms. The third-order valence-corrected chi connectivity index (χ3v) is 1.82. The molecule has 0 bridgehead atoms. The Morgan fingerprint density at radius 3 is 1.89 bits per heavy atom. The zero-order chi connectivity index (χ0) is 6.15. The van der Waals surface area contributed by atoms with E-state index in [9.17, 15) is 0 Å². The van der Waals surface area contributed by atoms with E-state index in [0.29, 0.717) is 0 Å². The van der Waals surface area contributed by atoms with Gasteiger partial charge in [0.25, 0.3) is 0 Å². The molecule has 0 aromatic heterocycles. The van der Waals surface area contributed by atoms with Crippen LogP contribution in [-0.4, -0.2) is 24.0 Å². The molecular formula is C8H19N. The first-order valence-corrected chi connectivity index (χ1v) is 3.44. The first kappa shape index (κ1) is 8.96. The summed E-state index contributed by atoms with van der Waals surface area (Å²) in [6.45, 7) is 9.45. The molecule has 1 rings (SSSR count). The van der Waals surface area contributed by atoms with E-state index >= 15 is 0 Å². The van der Waals surface area contributed by atoms with Crippen molar-refractivity contribution in [1.82, 2.24) is 4.90 Å². The van der Waals surface area contributed by atoms with Crippen LogP contribution in [0.15, 0.2) is 0 Å². The summed E-state index contributed by atoms with van der Waals surface area (Å²) >= 11 is 0. The van der Waals surface area contributed by atoms with E-state index in [1.54, 1.807) is 0 Å². The molecule has 0 saturated carbocycles. The molecule has 0 radical (unpaired) electrons. The topological polar surface area (TPSA) is 3.24 Å². The van der Waals surface area contributed by atoms with Crippen LogP contribution >= 0.6 is 0 Å². The summed E-state index contributed by atoms with van der Waals surface area (Å²) in [5.41, 5.74) is 0. The average molecular weight is 129 g/mol. The molecule has 1 fully saturated rings. The van der Waals surface area contributed by atoms with E-state index < -0.39 is 0 Å². The fraction of sp³-hybridized carbons (Fsp3) is 1.00. The molecule has 0 spiro atoms. The SMILES string of the molecule is C.CC1CN(C(C)C)C1. The first-order valence-electron chi connectivity index (χ1n) is 3.44. The van der Waals surface area contributed by atoms with Gasteiger partial charge < -0.3 is 4.90 Å². The molecule has 1 aliphatic heterocycles. The molecule has 0 aromatic rings. The third-order valence-electron chi connectivity index (χ3n) is 1.82. The summed E-state index contributed by atoms with van der Waals surface area (Å²) in [5.74, 6) is 0.956. The Balaban J connectivity index is 0.000000640. The third kappa shape index (κ3) is 1.98. The van der Waals surface area contributed by atoms with Gasteiger partial charge in [0.2, 0.25) is 0 Å². The molecular weight excluding hydrogens is 110 g/mol. The van der Waals surface area contributed by atoms with Gasteiger partial charge in [-0.1, -0.05) is 14.4 Å². The monoisotopic (exact) mass is 129 g/mol. The van der Waals surface area contributed by atoms with Gasteiger partial charge in [0.15, 0.2) is 0 Å². The van der Waals surface area contributed by atoms with Gasteiger partial charge in [0.1, 0.15) is 0 Å². The lowest BCUT2D eigenvalue weighted by Gasteiger charge is -2.40. The molecule has 0 atom stereocenters. The van der Waals surface area contributed by atoms with Crippen LogP contribution in [0.5, 0.6) is 0 Å². The fourth-order valence-corrected chi connectivity index (χ4v) is 1.17. The van der Waals surface area contributed by atoms with Crippen molar-refractivity contribution in [3.05, 3.63) is 0 Å². The Bertz CT molecular complexity index is 72.6. The molecule has 0 N–H and O–H groups in total. The zero-order valence-electron chi connectivity index (χ0n) is 6.02. The van der Waals surface area contributed by atoms with Crippen molar-refractivity contribution in [2.24, 2.45) is 5.92 Å². The minimum atomic E-state index is 0. The van der Waals surface area contributed by atoms with Gasteiger partial charge in [0, 0.05) is 19.1 Å². The highest BCUT2D eigenvalue weighted by molar-refractivity contribution is 4.78. The van der Waals surface area contributed by atoms with E-state index in [0.717, 1.165) is 12.0 Å². The predicted molar refractivity (Wildman–Crippen MR) is 42.6 cm³/mol. The molecule has 1 saturated heterocycles. The van der Waals surface area contributed by atoms with Crippen molar-refractivity contribution < 1.29 is 0 Å². The number of hydrogen-bond donors (Lipinski definition) is 0. The largest absolute Gasteiger partial charge is 0.300 e. The lowest BCUT2D eigenvalue weighted by molar-refractivity contribution is 0.0787. The van der Waals surface area contributed by atoms with Crippen molar-refractivity contribution in [3.8, 4) is 0 Å². The summed E-state index contributed by atoms with van der Waals surface area (Å²) in [4.78, 5) is 2.49. The van der Waals surface area contributed by atoms with Crippen molar-refractivity contribution in [2.75, 3.05) is 13.1 Å². The molecule has 0 amide bonds. The van der Waals surface area contributed by atoms with Crippen LogP contribution in [-0.2, 0) is 0 Å². The minimum Gasteiger partial charge on any atom is -0.300 e. The second kappa shape index (κ2) is 3.21. The Morgan fingerprint density at radius 2 is 1.78 bits per heavy atom. The van der Waals surface area contributed by atoms with Gasteiger partial charge in [-0.15, -0.1) is 0 Å². The van der Waals surface area contributed by atoms with Crippen LogP contribution in [0.4, 0.5) is 0 Å². The highest BCUT2D eigenvalue weighted by atomic mass is 15.2. The highest BCUT2D eigenvalue weighted by Gasteiger charge is 2.23. The van der Waals surface area contributed by atoms with Gasteiger partial charge in [-0.3, -0.25) is 0 Å². The van der Waals surface area contributed by atoms with Crippen LogP contribution < -0.4 is 0 Å². The summed E-state index contributed by atoms with van der Waals surface area (Å²) in [6.07, 6.45) is 0. The zero-order valence-corrected chi connectivity index (χ0v) is 6.02. The molecule has 1 aliphatic rings. The minimum absolute atomic E-state index is 0. The van der Waals surface area contributed by atoms with Crippen molar-refractivity contribution in [3.63, 3.8) is 0 Å². The van der Waals surface area contributed by atoms with Gasteiger partial charge in [-0.2, -0.15) is 0 Å². The highest BCUT2D eigenvalue weighted by Crippen LogP contribution is 2.16. The quantitative estimate of drug-likeness (QED) is 0.523. The number of nitrogens with zero attached hydrogens (tertiary/aromatic N) is 1. The number of likely N-dealkylation sites (tertiary alicyclic amines) is 1. The Morgan fingerprint density at radius 1 is 1.33 bits per heavy atom. The lowest BCUT2D eigenvalue weighted by atomic mass is 10.0. The smallest absolute Gasteiger partial charge is 0.00388 e.